The van der Waals surface area contributed by atoms with Crippen LogP contribution in [0.3, 0.4) is 0 Å². The summed E-state index contributed by atoms with van der Waals surface area (Å²) in [6.45, 7) is 0. The Balaban J connectivity index is 2.45. The maximum atomic E-state index is 13.8. The number of ketones is 1. The van der Waals surface area contributed by atoms with E-state index >= 15 is 0 Å². The lowest BCUT2D eigenvalue weighted by Gasteiger charge is -2.10. The second-order valence-electron chi connectivity index (χ2n) is 4.07. The van der Waals surface area contributed by atoms with Gasteiger partial charge in [0.25, 0.3) is 0 Å². The lowest BCUT2D eigenvalue weighted by atomic mass is 9.91. The summed E-state index contributed by atoms with van der Waals surface area (Å²) in [7, 11) is 0. The smallest absolute Gasteiger partial charge is 0.187 e. The number of hydrogen-bond acceptors (Lipinski definition) is 2. The van der Waals surface area contributed by atoms with Crippen LogP contribution < -0.4 is 0 Å². The zero-order valence-electron chi connectivity index (χ0n) is 10.1. The molecular formula is C15H8BrF2NO. The highest BCUT2D eigenvalue weighted by Gasteiger charge is 2.26. The quantitative estimate of drug-likeness (QED) is 0.788. The molecule has 0 aliphatic rings. The Labute approximate surface area is 122 Å². The van der Waals surface area contributed by atoms with Crippen molar-refractivity contribution in [3.63, 3.8) is 0 Å². The van der Waals surface area contributed by atoms with Gasteiger partial charge in [-0.15, -0.1) is 0 Å². The van der Waals surface area contributed by atoms with Gasteiger partial charge in [0.1, 0.15) is 17.6 Å². The summed E-state index contributed by atoms with van der Waals surface area (Å²) in [6.07, 6.45) is 0. The summed E-state index contributed by atoms with van der Waals surface area (Å²) >= 11 is 3.08. The van der Waals surface area contributed by atoms with Gasteiger partial charge in [0, 0.05) is 10.0 Å². The van der Waals surface area contributed by atoms with E-state index in [1.807, 2.05) is 0 Å². The van der Waals surface area contributed by atoms with E-state index in [9.17, 15) is 13.6 Å². The van der Waals surface area contributed by atoms with Gasteiger partial charge >= 0.3 is 0 Å². The molecule has 2 aromatic carbocycles. The number of halogens is 3. The van der Waals surface area contributed by atoms with Crippen molar-refractivity contribution in [1.29, 1.82) is 5.26 Å². The molecule has 2 aromatic rings. The Bertz CT molecular complexity index is 709. The molecule has 20 heavy (non-hydrogen) atoms. The third kappa shape index (κ3) is 2.75. The van der Waals surface area contributed by atoms with E-state index in [0.29, 0.717) is 4.47 Å². The molecule has 2 nitrogen and oxygen atoms in total. The van der Waals surface area contributed by atoms with Crippen LogP contribution in [0, 0.1) is 23.0 Å². The molecule has 0 bridgehead atoms. The van der Waals surface area contributed by atoms with Crippen LogP contribution in [0.15, 0.2) is 46.9 Å². The Morgan fingerprint density at radius 3 is 2.45 bits per heavy atom. The maximum Gasteiger partial charge on any atom is 0.187 e. The number of carbonyl (C=O) groups excluding carboxylic acids is 1. The van der Waals surface area contributed by atoms with Gasteiger partial charge in [0.15, 0.2) is 5.78 Å². The van der Waals surface area contributed by atoms with Crippen LogP contribution in [0.25, 0.3) is 0 Å². The summed E-state index contributed by atoms with van der Waals surface area (Å²) in [4.78, 5) is 12.2. The molecule has 0 saturated heterocycles. The summed E-state index contributed by atoms with van der Waals surface area (Å²) in [6, 6.07) is 11.1. The topological polar surface area (TPSA) is 40.9 Å². The van der Waals surface area contributed by atoms with Gasteiger partial charge in [-0.05, 0) is 24.3 Å². The number of nitrogens with zero attached hydrogens (tertiary/aromatic N) is 1. The first kappa shape index (κ1) is 14.4. The second kappa shape index (κ2) is 5.93. The molecule has 0 spiro atoms. The van der Waals surface area contributed by atoms with Crippen LogP contribution in [0.4, 0.5) is 8.78 Å². The minimum absolute atomic E-state index is 0.0534. The second-order valence-corrected chi connectivity index (χ2v) is 4.99. The molecule has 5 heteroatoms. The molecule has 0 amide bonds. The average molecular weight is 336 g/mol. The molecule has 0 aromatic heterocycles. The van der Waals surface area contributed by atoms with Gasteiger partial charge in [-0.1, -0.05) is 34.1 Å². The van der Waals surface area contributed by atoms with E-state index in [2.05, 4.69) is 15.9 Å². The molecule has 2 rings (SSSR count). The predicted molar refractivity (Wildman–Crippen MR) is 73.2 cm³/mol. The fraction of sp³-hybridized carbons (Fsp3) is 0.0667. The largest absolute Gasteiger partial charge is 0.292 e. The highest BCUT2D eigenvalue weighted by Crippen LogP contribution is 2.25. The lowest BCUT2D eigenvalue weighted by molar-refractivity contribution is 0.0973. The summed E-state index contributed by atoms with van der Waals surface area (Å²) < 4.78 is 27.9. The van der Waals surface area contributed by atoms with Crippen LogP contribution in [0.5, 0.6) is 0 Å². The molecule has 0 heterocycles. The summed E-state index contributed by atoms with van der Waals surface area (Å²) in [5, 5.41) is 9.11. The monoisotopic (exact) mass is 335 g/mol. The van der Waals surface area contributed by atoms with Gasteiger partial charge in [-0.25, -0.2) is 8.78 Å². The number of benzene rings is 2. The fourth-order valence-corrected chi connectivity index (χ4v) is 2.16. The van der Waals surface area contributed by atoms with Crippen LogP contribution in [-0.2, 0) is 0 Å². The molecule has 1 unspecified atom stereocenters. The highest BCUT2D eigenvalue weighted by molar-refractivity contribution is 9.10. The number of hydrogen-bond donors (Lipinski definition) is 0. The number of nitriles is 1. The van der Waals surface area contributed by atoms with Crippen molar-refractivity contribution < 1.29 is 13.6 Å². The van der Waals surface area contributed by atoms with Crippen molar-refractivity contribution in [1.82, 2.24) is 0 Å². The molecule has 0 radical (unpaired) electrons. The van der Waals surface area contributed by atoms with Crippen LogP contribution in [-0.4, -0.2) is 5.78 Å². The fourth-order valence-electron chi connectivity index (χ4n) is 1.82. The van der Waals surface area contributed by atoms with E-state index in [-0.39, 0.29) is 11.1 Å². The van der Waals surface area contributed by atoms with Crippen LogP contribution >= 0.6 is 15.9 Å². The molecule has 0 fully saturated rings. The van der Waals surface area contributed by atoms with Crippen LogP contribution in [0.2, 0.25) is 0 Å². The Morgan fingerprint density at radius 1 is 1.15 bits per heavy atom. The highest BCUT2D eigenvalue weighted by atomic mass is 79.9. The van der Waals surface area contributed by atoms with Gasteiger partial charge in [0.2, 0.25) is 0 Å². The van der Waals surface area contributed by atoms with Crippen molar-refractivity contribution in [2.24, 2.45) is 0 Å². The van der Waals surface area contributed by atoms with Gasteiger partial charge < -0.3 is 0 Å². The molecule has 0 aliphatic heterocycles. The number of rotatable bonds is 3. The molecule has 1 atom stereocenters. The zero-order chi connectivity index (χ0) is 14.7. The van der Waals surface area contributed by atoms with Gasteiger partial charge in [0.05, 0.1) is 11.6 Å². The zero-order valence-corrected chi connectivity index (χ0v) is 11.7. The predicted octanol–water partition coefficient (Wildman–Crippen LogP) is 4.22. The Hall–Kier alpha value is -2.06. The molecule has 0 aliphatic carbocycles. The summed E-state index contributed by atoms with van der Waals surface area (Å²) in [5.41, 5.74) is -0.287. The summed E-state index contributed by atoms with van der Waals surface area (Å²) in [5.74, 6) is -3.54. The normalized spacial score (nSPS) is 11.7. The minimum Gasteiger partial charge on any atom is -0.292 e. The van der Waals surface area contributed by atoms with E-state index in [4.69, 9.17) is 5.26 Å². The van der Waals surface area contributed by atoms with E-state index < -0.39 is 23.3 Å². The van der Waals surface area contributed by atoms with E-state index in [1.165, 1.54) is 30.3 Å². The minimum atomic E-state index is -1.37. The molecule has 100 valence electrons. The first-order valence-electron chi connectivity index (χ1n) is 5.68. The first-order valence-corrected chi connectivity index (χ1v) is 6.47. The third-order valence-electron chi connectivity index (χ3n) is 2.80. The Morgan fingerprint density at radius 2 is 1.85 bits per heavy atom. The van der Waals surface area contributed by atoms with Crippen molar-refractivity contribution >= 4 is 21.7 Å². The van der Waals surface area contributed by atoms with Crippen molar-refractivity contribution in [2.75, 3.05) is 0 Å². The molecule has 0 saturated carbocycles. The number of carbonyl (C=O) groups is 1. The first-order chi connectivity index (χ1) is 9.54. The van der Waals surface area contributed by atoms with Gasteiger partial charge in [-0.2, -0.15) is 5.26 Å². The van der Waals surface area contributed by atoms with E-state index in [0.717, 1.165) is 12.1 Å². The molecule has 0 N–H and O–H groups in total. The van der Waals surface area contributed by atoms with Crippen molar-refractivity contribution in [3.05, 3.63) is 69.7 Å². The van der Waals surface area contributed by atoms with Crippen molar-refractivity contribution in [2.45, 2.75) is 5.92 Å². The van der Waals surface area contributed by atoms with Crippen molar-refractivity contribution in [3.8, 4) is 6.07 Å². The van der Waals surface area contributed by atoms with Crippen LogP contribution in [0.1, 0.15) is 21.8 Å². The standard InChI is InChI=1S/C15H8BrF2NO/c16-9-5-6-11(14(18)7-9)15(20)12(8-19)10-3-1-2-4-13(10)17/h1-7,12H. The Kier molecular flexibility index (Phi) is 4.26. The molecular weight excluding hydrogens is 328 g/mol. The third-order valence-corrected chi connectivity index (χ3v) is 3.30. The SMILES string of the molecule is N#CC(C(=O)c1ccc(Br)cc1F)c1ccccc1F. The maximum absolute atomic E-state index is 13.8. The van der Waals surface area contributed by atoms with Gasteiger partial charge in [-0.3, -0.25) is 4.79 Å². The lowest BCUT2D eigenvalue weighted by Crippen LogP contribution is -2.14. The average Bonchev–Trinajstić information content (AvgIpc) is 2.41. The van der Waals surface area contributed by atoms with E-state index in [1.54, 1.807) is 6.07 Å². The number of Topliss-reactive ketones (excluding diaryl/α,β-unsaturated/α-hetero) is 1.